The maximum absolute atomic E-state index is 12.1. The molecular formula is C19H26N2O3. The van der Waals surface area contributed by atoms with Crippen molar-refractivity contribution >= 4 is 11.8 Å². The highest BCUT2D eigenvalue weighted by atomic mass is 16.3. The smallest absolute Gasteiger partial charge is 0.309 e. The van der Waals surface area contributed by atoms with E-state index in [1.165, 1.54) is 12.8 Å². The van der Waals surface area contributed by atoms with E-state index < -0.39 is 17.4 Å². The molecule has 0 saturated heterocycles. The van der Waals surface area contributed by atoms with E-state index in [-0.39, 0.29) is 12.6 Å². The molecule has 5 nitrogen and oxygen atoms in total. The summed E-state index contributed by atoms with van der Waals surface area (Å²) in [5.74, 6) is -1.24. The predicted octanol–water partition coefficient (Wildman–Crippen LogP) is 1.78. The molecule has 1 atom stereocenters. The first-order valence-electron chi connectivity index (χ1n) is 8.98. The minimum atomic E-state index is -1.07. The molecule has 2 amide bonds. The number of carbonyl (C=O) groups excluding carboxylic acids is 2. The number of aliphatic hydroxyl groups is 1. The monoisotopic (exact) mass is 330 g/mol. The Morgan fingerprint density at radius 2 is 1.79 bits per heavy atom. The molecule has 0 aromatic heterocycles. The second kappa shape index (κ2) is 7.34. The largest absolute Gasteiger partial charge is 0.383 e. The molecule has 0 heterocycles. The van der Waals surface area contributed by atoms with E-state index in [2.05, 4.69) is 10.6 Å². The Kier molecular flexibility index (Phi) is 5.19. The first-order valence-corrected chi connectivity index (χ1v) is 8.98. The molecule has 5 heteroatoms. The number of nitrogens with one attached hydrogen (secondary N) is 2. The molecular weight excluding hydrogens is 304 g/mol. The van der Waals surface area contributed by atoms with Crippen molar-refractivity contribution in [2.75, 3.05) is 6.54 Å². The van der Waals surface area contributed by atoms with Gasteiger partial charge in [-0.15, -0.1) is 0 Å². The van der Waals surface area contributed by atoms with Gasteiger partial charge in [-0.3, -0.25) is 9.59 Å². The van der Waals surface area contributed by atoms with Crippen molar-refractivity contribution in [1.82, 2.24) is 10.6 Å². The van der Waals surface area contributed by atoms with E-state index in [0.29, 0.717) is 6.42 Å². The third-order valence-corrected chi connectivity index (χ3v) is 5.26. The second-order valence-electron chi connectivity index (χ2n) is 7.03. The number of amides is 2. The van der Waals surface area contributed by atoms with Gasteiger partial charge in [0, 0.05) is 6.04 Å². The van der Waals surface area contributed by atoms with Gasteiger partial charge >= 0.3 is 11.8 Å². The first kappa shape index (κ1) is 17.0. The highest BCUT2D eigenvalue weighted by molar-refractivity contribution is 6.35. The summed E-state index contributed by atoms with van der Waals surface area (Å²) in [4.78, 5) is 24.2. The first-order chi connectivity index (χ1) is 11.6. The molecule has 1 saturated carbocycles. The standard InChI is InChI=1S/C19H26N2O3/c22-17(18(23)21-15-8-3-1-2-4-9-15)20-13-19(24)12-11-14-7-5-6-10-16(14)19/h5-7,10,15,24H,1-4,8-9,11-13H2,(H,20,22)(H,21,23). The van der Waals surface area contributed by atoms with Crippen molar-refractivity contribution in [3.05, 3.63) is 35.4 Å². The summed E-state index contributed by atoms with van der Waals surface area (Å²) in [6.07, 6.45) is 7.84. The lowest BCUT2D eigenvalue weighted by Crippen LogP contribution is -2.48. The summed E-state index contributed by atoms with van der Waals surface area (Å²) < 4.78 is 0. The van der Waals surface area contributed by atoms with Crippen molar-refractivity contribution in [3.63, 3.8) is 0 Å². The van der Waals surface area contributed by atoms with E-state index >= 15 is 0 Å². The molecule has 0 radical (unpaired) electrons. The van der Waals surface area contributed by atoms with Gasteiger partial charge in [0.2, 0.25) is 0 Å². The summed E-state index contributed by atoms with van der Waals surface area (Å²) in [5.41, 5.74) is 0.890. The maximum atomic E-state index is 12.1. The van der Waals surface area contributed by atoms with Crippen LogP contribution in [0.3, 0.4) is 0 Å². The fourth-order valence-electron chi connectivity index (χ4n) is 3.83. The van der Waals surface area contributed by atoms with Crippen LogP contribution in [0.5, 0.6) is 0 Å². The molecule has 1 fully saturated rings. The lowest BCUT2D eigenvalue weighted by Gasteiger charge is -2.24. The molecule has 1 aromatic rings. The van der Waals surface area contributed by atoms with Crippen LogP contribution in [0, 0.1) is 0 Å². The molecule has 1 aromatic carbocycles. The van der Waals surface area contributed by atoms with Crippen molar-refractivity contribution in [2.45, 2.75) is 63.0 Å². The van der Waals surface area contributed by atoms with E-state index in [1.54, 1.807) is 0 Å². The second-order valence-corrected chi connectivity index (χ2v) is 7.03. The maximum Gasteiger partial charge on any atom is 0.309 e. The summed E-state index contributed by atoms with van der Waals surface area (Å²) in [5, 5.41) is 16.2. The Morgan fingerprint density at radius 3 is 2.54 bits per heavy atom. The van der Waals surface area contributed by atoms with Crippen molar-refractivity contribution in [3.8, 4) is 0 Å². The highest BCUT2D eigenvalue weighted by Crippen LogP contribution is 2.36. The third-order valence-electron chi connectivity index (χ3n) is 5.26. The van der Waals surface area contributed by atoms with Crippen LogP contribution in [0.15, 0.2) is 24.3 Å². The van der Waals surface area contributed by atoms with Gasteiger partial charge in [0.1, 0.15) is 5.60 Å². The van der Waals surface area contributed by atoms with Gasteiger partial charge in [0.15, 0.2) is 0 Å². The number of rotatable bonds is 3. The third kappa shape index (κ3) is 3.78. The lowest BCUT2D eigenvalue weighted by atomic mass is 9.96. The molecule has 3 N–H and O–H groups in total. The Balaban J connectivity index is 1.53. The molecule has 2 aliphatic rings. The van der Waals surface area contributed by atoms with Crippen LogP contribution in [0.25, 0.3) is 0 Å². The van der Waals surface area contributed by atoms with E-state index in [9.17, 15) is 14.7 Å². The van der Waals surface area contributed by atoms with Crippen LogP contribution in [-0.2, 0) is 21.6 Å². The number of hydrogen-bond acceptors (Lipinski definition) is 3. The van der Waals surface area contributed by atoms with Crippen molar-refractivity contribution in [1.29, 1.82) is 0 Å². The average molecular weight is 330 g/mol. The molecule has 0 bridgehead atoms. The van der Waals surface area contributed by atoms with Crippen LogP contribution in [-0.4, -0.2) is 29.5 Å². The zero-order chi connectivity index (χ0) is 17.0. The Labute approximate surface area is 142 Å². The number of aryl methyl sites for hydroxylation is 1. The number of benzene rings is 1. The van der Waals surface area contributed by atoms with E-state index in [1.807, 2.05) is 24.3 Å². The molecule has 3 rings (SSSR count). The molecule has 0 spiro atoms. The van der Waals surface area contributed by atoms with Crippen molar-refractivity contribution in [2.24, 2.45) is 0 Å². The quantitative estimate of drug-likeness (QED) is 0.584. The number of carbonyl (C=O) groups is 2. The van der Waals surface area contributed by atoms with Gasteiger partial charge in [0.05, 0.1) is 6.54 Å². The van der Waals surface area contributed by atoms with Gasteiger partial charge < -0.3 is 15.7 Å². The summed E-state index contributed by atoms with van der Waals surface area (Å²) in [6, 6.07) is 7.81. The SMILES string of the molecule is O=C(NCC1(O)CCc2ccccc21)C(=O)NC1CCCCCC1. The Morgan fingerprint density at radius 1 is 1.08 bits per heavy atom. The van der Waals surface area contributed by atoms with Gasteiger partial charge in [-0.05, 0) is 36.8 Å². The normalized spacial score (nSPS) is 24.0. The molecule has 130 valence electrons. The predicted molar refractivity (Wildman–Crippen MR) is 91.3 cm³/mol. The van der Waals surface area contributed by atoms with Gasteiger partial charge in [-0.25, -0.2) is 0 Å². The van der Waals surface area contributed by atoms with Crippen LogP contribution < -0.4 is 10.6 Å². The fraction of sp³-hybridized carbons (Fsp3) is 0.579. The van der Waals surface area contributed by atoms with E-state index in [0.717, 1.165) is 43.2 Å². The minimum Gasteiger partial charge on any atom is -0.383 e. The highest BCUT2D eigenvalue weighted by Gasteiger charge is 2.37. The minimum absolute atomic E-state index is 0.0704. The van der Waals surface area contributed by atoms with Gasteiger partial charge in [-0.1, -0.05) is 49.9 Å². The van der Waals surface area contributed by atoms with Crippen molar-refractivity contribution < 1.29 is 14.7 Å². The number of fused-ring (bicyclic) bond motifs is 1. The van der Waals surface area contributed by atoms with E-state index in [4.69, 9.17) is 0 Å². The fourth-order valence-corrected chi connectivity index (χ4v) is 3.83. The van der Waals surface area contributed by atoms with Crippen LogP contribution in [0.1, 0.15) is 56.1 Å². The number of hydrogen-bond donors (Lipinski definition) is 3. The van der Waals surface area contributed by atoms with Crippen LogP contribution in [0.4, 0.5) is 0 Å². The van der Waals surface area contributed by atoms with Crippen LogP contribution in [0.2, 0.25) is 0 Å². The Bertz CT molecular complexity index is 608. The Hall–Kier alpha value is -1.88. The topological polar surface area (TPSA) is 78.4 Å². The lowest BCUT2D eigenvalue weighted by molar-refractivity contribution is -0.140. The molecule has 1 unspecified atom stereocenters. The van der Waals surface area contributed by atoms with Gasteiger partial charge in [0.25, 0.3) is 0 Å². The zero-order valence-corrected chi connectivity index (χ0v) is 14.0. The molecule has 24 heavy (non-hydrogen) atoms. The zero-order valence-electron chi connectivity index (χ0n) is 14.0. The molecule has 0 aliphatic heterocycles. The summed E-state index contributed by atoms with van der Waals surface area (Å²) in [6.45, 7) is 0.0704. The van der Waals surface area contributed by atoms with Crippen LogP contribution >= 0.6 is 0 Å². The average Bonchev–Trinajstić information content (AvgIpc) is 2.76. The summed E-state index contributed by atoms with van der Waals surface area (Å²) in [7, 11) is 0. The van der Waals surface area contributed by atoms with Gasteiger partial charge in [-0.2, -0.15) is 0 Å². The summed E-state index contributed by atoms with van der Waals surface area (Å²) >= 11 is 0. The molecule has 2 aliphatic carbocycles.